The molecule has 0 amide bonds. The lowest BCUT2D eigenvalue weighted by atomic mass is 10.4. The zero-order valence-corrected chi connectivity index (χ0v) is 12.3. The standard InChI is InChI=1S/C14H11Cl2O2P/c15-14(16)11-18-19(17,12-7-3-1-4-8-12)13-9-5-2-6-10-13/h1-11H. The number of halogens is 2. The zero-order valence-electron chi connectivity index (χ0n) is 9.87. The van der Waals surface area contributed by atoms with Crippen molar-refractivity contribution in [2.45, 2.75) is 0 Å². The summed E-state index contributed by atoms with van der Waals surface area (Å²) in [5, 5.41) is 1.18. The predicted molar refractivity (Wildman–Crippen MR) is 80.6 cm³/mol. The van der Waals surface area contributed by atoms with E-state index >= 15 is 0 Å². The molecule has 2 aromatic rings. The molecular weight excluding hydrogens is 302 g/mol. The summed E-state index contributed by atoms with van der Waals surface area (Å²) in [6.07, 6.45) is 1.10. The highest BCUT2D eigenvalue weighted by Gasteiger charge is 2.28. The van der Waals surface area contributed by atoms with Gasteiger partial charge in [-0.05, 0) is 24.3 Å². The van der Waals surface area contributed by atoms with Crippen LogP contribution in [0.2, 0.25) is 0 Å². The topological polar surface area (TPSA) is 26.3 Å². The van der Waals surface area contributed by atoms with Crippen LogP contribution < -0.4 is 10.6 Å². The van der Waals surface area contributed by atoms with Crippen LogP contribution in [0.25, 0.3) is 0 Å². The molecule has 2 aromatic carbocycles. The Morgan fingerprint density at radius 3 is 1.68 bits per heavy atom. The molecule has 0 saturated heterocycles. The average molecular weight is 313 g/mol. The Bertz CT molecular complexity index is 564. The number of rotatable bonds is 4. The van der Waals surface area contributed by atoms with Gasteiger partial charge < -0.3 is 4.52 Å². The van der Waals surface area contributed by atoms with E-state index in [1.54, 1.807) is 48.5 Å². The summed E-state index contributed by atoms with van der Waals surface area (Å²) >= 11 is 11.1. The monoisotopic (exact) mass is 312 g/mol. The van der Waals surface area contributed by atoms with Crippen LogP contribution in [0, 0.1) is 0 Å². The third-order valence-corrected chi connectivity index (χ3v) is 5.02. The molecule has 2 rings (SSSR count). The molecule has 0 aliphatic carbocycles. The van der Waals surface area contributed by atoms with Crippen LogP contribution in [-0.4, -0.2) is 0 Å². The Balaban J connectivity index is 2.51. The first-order valence-corrected chi connectivity index (χ1v) is 7.92. The van der Waals surface area contributed by atoms with Gasteiger partial charge in [0.2, 0.25) is 0 Å². The van der Waals surface area contributed by atoms with Crippen molar-refractivity contribution in [3.05, 3.63) is 71.4 Å². The molecule has 0 aliphatic heterocycles. The molecule has 0 aliphatic rings. The fraction of sp³-hybridized carbons (Fsp3) is 0. The van der Waals surface area contributed by atoms with Gasteiger partial charge in [0.05, 0.1) is 10.6 Å². The minimum absolute atomic E-state index is 0.0768. The van der Waals surface area contributed by atoms with Crippen molar-refractivity contribution in [1.29, 1.82) is 0 Å². The molecule has 0 spiro atoms. The average Bonchev–Trinajstić information content (AvgIpc) is 2.46. The molecule has 0 fully saturated rings. The van der Waals surface area contributed by atoms with Crippen molar-refractivity contribution in [3.8, 4) is 0 Å². The van der Waals surface area contributed by atoms with E-state index in [-0.39, 0.29) is 4.49 Å². The van der Waals surface area contributed by atoms with E-state index < -0.39 is 7.37 Å². The van der Waals surface area contributed by atoms with E-state index in [0.29, 0.717) is 10.6 Å². The lowest BCUT2D eigenvalue weighted by Crippen LogP contribution is -2.16. The fourth-order valence-corrected chi connectivity index (χ4v) is 3.77. The Morgan fingerprint density at radius 2 is 1.32 bits per heavy atom. The first-order valence-electron chi connectivity index (χ1n) is 5.54. The molecular formula is C14H11Cl2O2P. The second-order valence-electron chi connectivity index (χ2n) is 3.74. The van der Waals surface area contributed by atoms with Gasteiger partial charge in [0.25, 0.3) is 0 Å². The van der Waals surface area contributed by atoms with E-state index in [0.717, 1.165) is 6.26 Å². The maximum atomic E-state index is 13.1. The molecule has 0 radical (unpaired) electrons. The van der Waals surface area contributed by atoms with Crippen molar-refractivity contribution >= 4 is 41.2 Å². The third-order valence-electron chi connectivity index (χ3n) is 2.48. The molecule has 0 bridgehead atoms. The van der Waals surface area contributed by atoms with Crippen molar-refractivity contribution < 1.29 is 9.09 Å². The van der Waals surface area contributed by atoms with Crippen LogP contribution in [-0.2, 0) is 9.09 Å². The van der Waals surface area contributed by atoms with Crippen molar-refractivity contribution in [3.63, 3.8) is 0 Å². The zero-order chi connectivity index (χ0) is 13.7. The minimum atomic E-state index is -3.22. The van der Waals surface area contributed by atoms with Gasteiger partial charge in [0.15, 0.2) is 0 Å². The summed E-state index contributed by atoms with van der Waals surface area (Å²) in [5.74, 6) is 0. The van der Waals surface area contributed by atoms with Gasteiger partial charge in [0.1, 0.15) is 10.8 Å². The molecule has 0 heterocycles. The van der Waals surface area contributed by atoms with Crippen LogP contribution in [0.1, 0.15) is 0 Å². The summed E-state index contributed by atoms with van der Waals surface area (Å²) < 4.78 is 18.5. The highest BCUT2D eigenvalue weighted by Crippen LogP contribution is 2.45. The van der Waals surface area contributed by atoms with Crippen molar-refractivity contribution in [2.75, 3.05) is 0 Å². The van der Waals surface area contributed by atoms with Crippen LogP contribution in [0.15, 0.2) is 71.4 Å². The Morgan fingerprint density at radius 1 is 0.895 bits per heavy atom. The highest BCUT2D eigenvalue weighted by atomic mass is 35.5. The van der Waals surface area contributed by atoms with E-state index in [9.17, 15) is 4.57 Å². The Hall–Kier alpha value is -1.21. The van der Waals surface area contributed by atoms with Gasteiger partial charge in [-0.3, -0.25) is 4.57 Å². The molecule has 0 unspecified atom stereocenters. The fourth-order valence-electron chi connectivity index (χ4n) is 1.63. The lowest BCUT2D eigenvalue weighted by Gasteiger charge is -2.17. The predicted octanol–water partition coefficient (Wildman–Crippen LogP) is 4.21. The van der Waals surface area contributed by atoms with E-state index in [2.05, 4.69) is 0 Å². The largest absolute Gasteiger partial charge is 0.442 e. The molecule has 0 aromatic heterocycles. The maximum Gasteiger partial charge on any atom is 0.306 e. The first-order chi connectivity index (χ1) is 9.13. The quantitative estimate of drug-likeness (QED) is 0.624. The Kier molecular flexibility index (Phi) is 4.71. The van der Waals surface area contributed by atoms with Crippen LogP contribution in [0.4, 0.5) is 0 Å². The summed E-state index contributed by atoms with van der Waals surface area (Å²) in [5.41, 5.74) is 0. The molecule has 2 nitrogen and oxygen atoms in total. The van der Waals surface area contributed by atoms with Crippen molar-refractivity contribution in [1.82, 2.24) is 0 Å². The summed E-state index contributed by atoms with van der Waals surface area (Å²) in [6.45, 7) is 0. The summed E-state index contributed by atoms with van der Waals surface area (Å²) in [7, 11) is -3.22. The second-order valence-corrected chi connectivity index (χ2v) is 7.09. The number of hydrogen-bond donors (Lipinski definition) is 0. The van der Waals surface area contributed by atoms with Gasteiger partial charge in [-0.1, -0.05) is 59.6 Å². The van der Waals surface area contributed by atoms with E-state index in [1.807, 2.05) is 12.1 Å². The van der Waals surface area contributed by atoms with E-state index in [4.69, 9.17) is 27.7 Å². The van der Waals surface area contributed by atoms with Gasteiger partial charge in [-0.15, -0.1) is 0 Å². The normalized spacial score (nSPS) is 10.8. The molecule has 0 atom stereocenters. The van der Waals surface area contributed by atoms with Crippen LogP contribution in [0.5, 0.6) is 0 Å². The van der Waals surface area contributed by atoms with Crippen LogP contribution in [0.3, 0.4) is 0 Å². The first kappa shape index (κ1) is 14.2. The minimum Gasteiger partial charge on any atom is -0.442 e. The van der Waals surface area contributed by atoms with Gasteiger partial charge in [-0.25, -0.2) is 0 Å². The van der Waals surface area contributed by atoms with Gasteiger partial charge in [-0.2, -0.15) is 0 Å². The molecule has 5 heteroatoms. The number of hydrogen-bond acceptors (Lipinski definition) is 2. The lowest BCUT2D eigenvalue weighted by molar-refractivity contribution is 0.460. The third kappa shape index (κ3) is 3.42. The molecule has 0 saturated carbocycles. The molecule has 19 heavy (non-hydrogen) atoms. The smallest absolute Gasteiger partial charge is 0.306 e. The Labute approximate surface area is 122 Å². The highest BCUT2D eigenvalue weighted by molar-refractivity contribution is 7.74. The van der Waals surface area contributed by atoms with Crippen molar-refractivity contribution in [2.24, 2.45) is 0 Å². The van der Waals surface area contributed by atoms with E-state index in [1.165, 1.54) is 0 Å². The maximum absolute atomic E-state index is 13.1. The van der Waals surface area contributed by atoms with Crippen LogP contribution >= 0.6 is 30.6 Å². The number of benzene rings is 2. The summed E-state index contributed by atoms with van der Waals surface area (Å²) in [6, 6.07) is 17.9. The molecule has 98 valence electrons. The SMILES string of the molecule is O=P(OC=C(Cl)Cl)(c1ccccc1)c1ccccc1. The van der Waals surface area contributed by atoms with Gasteiger partial charge in [0, 0.05) is 0 Å². The summed E-state index contributed by atoms with van der Waals surface area (Å²) in [4.78, 5) is 0. The molecule has 0 N–H and O–H groups in total. The van der Waals surface area contributed by atoms with Gasteiger partial charge >= 0.3 is 7.37 Å². The second kappa shape index (κ2) is 6.29.